The summed E-state index contributed by atoms with van der Waals surface area (Å²) in [6.07, 6.45) is 0. The number of thiophene rings is 1. The third-order valence-corrected chi connectivity index (χ3v) is 3.95. The Morgan fingerprint density at radius 2 is 2.18 bits per heavy atom. The van der Waals surface area contributed by atoms with Gasteiger partial charge in [0, 0.05) is 15.5 Å². The molecule has 0 saturated heterocycles. The highest BCUT2D eigenvalue weighted by molar-refractivity contribution is 7.16. The van der Waals surface area contributed by atoms with Gasteiger partial charge in [0.1, 0.15) is 16.8 Å². The van der Waals surface area contributed by atoms with E-state index in [4.69, 9.17) is 22.6 Å². The van der Waals surface area contributed by atoms with Gasteiger partial charge in [-0.3, -0.25) is 0 Å². The molecule has 0 amide bonds. The van der Waals surface area contributed by atoms with Crippen LogP contribution in [0.4, 0.5) is 10.1 Å². The summed E-state index contributed by atoms with van der Waals surface area (Å²) in [6.45, 7) is 1.77. The molecule has 0 radical (unpaired) electrons. The molecule has 1 aromatic carbocycles. The van der Waals surface area contributed by atoms with Crippen LogP contribution in [0.15, 0.2) is 18.2 Å². The molecule has 1 aromatic heterocycles. The molecule has 5 heteroatoms. The van der Waals surface area contributed by atoms with Crippen molar-refractivity contribution in [3.8, 4) is 16.5 Å². The fourth-order valence-electron chi connectivity index (χ4n) is 1.54. The van der Waals surface area contributed by atoms with Crippen molar-refractivity contribution in [3.05, 3.63) is 39.5 Å². The Hall–Kier alpha value is -1.57. The van der Waals surface area contributed by atoms with E-state index in [0.29, 0.717) is 26.0 Å². The molecular formula is C12H8ClFN2S. The zero-order valence-electron chi connectivity index (χ0n) is 8.92. The van der Waals surface area contributed by atoms with E-state index in [1.165, 1.54) is 17.4 Å². The van der Waals surface area contributed by atoms with Crippen molar-refractivity contribution in [2.45, 2.75) is 6.92 Å². The SMILES string of the molecule is Cc1c(-c2ccc(Cl)cc2F)sc(C#N)c1N. The van der Waals surface area contributed by atoms with Gasteiger partial charge < -0.3 is 5.73 Å². The number of nitriles is 1. The van der Waals surface area contributed by atoms with Gasteiger partial charge in [0.05, 0.1) is 5.69 Å². The van der Waals surface area contributed by atoms with Gasteiger partial charge in [-0.05, 0) is 30.7 Å². The third kappa shape index (κ3) is 1.99. The summed E-state index contributed by atoms with van der Waals surface area (Å²) in [4.78, 5) is 1.08. The smallest absolute Gasteiger partial charge is 0.133 e. The highest BCUT2D eigenvalue weighted by atomic mass is 35.5. The van der Waals surface area contributed by atoms with Crippen LogP contribution in [0, 0.1) is 24.1 Å². The monoisotopic (exact) mass is 266 g/mol. The standard InChI is InChI=1S/C12H8ClFN2S/c1-6-11(16)10(5-15)17-12(6)8-3-2-7(13)4-9(8)14/h2-4H,16H2,1H3. The quantitative estimate of drug-likeness (QED) is 0.849. The first-order valence-corrected chi connectivity index (χ1v) is 5.98. The van der Waals surface area contributed by atoms with Crippen molar-refractivity contribution in [1.82, 2.24) is 0 Å². The topological polar surface area (TPSA) is 49.8 Å². The van der Waals surface area contributed by atoms with E-state index in [9.17, 15) is 4.39 Å². The van der Waals surface area contributed by atoms with Crippen LogP contribution < -0.4 is 5.73 Å². The van der Waals surface area contributed by atoms with E-state index in [0.717, 1.165) is 5.56 Å². The molecule has 1 heterocycles. The van der Waals surface area contributed by atoms with Crippen LogP contribution in [0.2, 0.25) is 5.02 Å². The summed E-state index contributed by atoms with van der Waals surface area (Å²) in [5, 5.41) is 9.22. The Bertz CT molecular complexity index is 628. The first-order valence-electron chi connectivity index (χ1n) is 4.79. The minimum Gasteiger partial charge on any atom is -0.397 e. The van der Waals surface area contributed by atoms with Crippen LogP contribution in [0.1, 0.15) is 10.4 Å². The molecule has 17 heavy (non-hydrogen) atoms. The van der Waals surface area contributed by atoms with E-state index >= 15 is 0 Å². The lowest BCUT2D eigenvalue weighted by Crippen LogP contribution is -1.88. The minimum atomic E-state index is -0.411. The van der Waals surface area contributed by atoms with E-state index in [1.807, 2.05) is 6.07 Å². The first kappa shape index (κ1) is 11.9. The molecule has 0 aliphatic rings. The molecule has 2 aromatic rings. The summed E-state index contributed by atoms with van der Waals surface area (Å²) < 4.78 is 13.8. The average Bonchev–Trinajstić information content (AvgIpc) is 2.57. The zero-order valence-corrected chi connectivity index (χ0v) is 10.5. The maximum absolute atomic E-state index is 13.8. The molecular weight excluding hydrogens is 259 g/mol. The van der Waals surface area contributed by atoms with Gasteiger partial charge in [-0.2, -0.15) is 5.26 Å². The van der Waals surface area contributed by atoms with Crippen molar-refractivity contribution < 1.29 is 4.39 Å². The molecule has 0 spiro atoms. The molecule has 2 rings (SSSR count). The molecule has 0 unspecified atom stereocenters. The highest BCUT2D eigenvalue weighted by Gasteiger charge is 2.16. The summed E-state index contributed by atoms with van der Waals surface area (Å²) in [7, 11) is 0. The van der Waals surface area contributed by atoms with Gasteiger partial charge in [-0.25, -0.2) is 4.39 Å². The summed E-state index contributed by atoms with van der Waals surface area (Å²) in [6, 6.07) is 6.46. The van der Waals surface area contributed by atoms with Gasteiger partial charge in [0.15, 0.2) is 0 Å². The largest absolute Gasteiger partial charge is 0.397 e. The highest BCUT2D eigenvalue weighted by Crippen LogP contribution is 2.39. The van der Waals surface area contributed by atoms with Gasteiger partial charge in [-0.1, -0.05) is 11.6 Å². The van der Waals surface area contributed by atoms with Crippen LogP contribution in [0.3, 0.4) is 0 Å². The van der Waals surface area contributed by atoms with Gasteiger partial charge in [0.2, 0.25) is 0 Å². The molecule has 86 valence electrons. The molecule has 0 bridgehead atoms. The minimum absolute atomic E-state index is 0.342. The second kappa shape index (κ2) is 4.36. The Balaban J connectivity index is 2.65. The number of rotatable bonds is 1. The predicted molar refractivity (Wildman–Crippen MR) is 68.6 cm³/mol. The summed E-state index contributed by atoms with van der Waals surface area (Å²) in [5.41, 5.74) is 7.34. The predicted octanol–water partition coefficient (Wildman–Crippen LogP) is 3.97. The van der Waals surface area contributed by atoms with Crippen LogP contribution in [-0.2, 0) is 0 Å². The second-order valence-electron chi connectivity index (χ2n) is 3.53. The fourth-order valence-corrected chi connectivity index (χ4v) is 2.75. The van der Waals surface area contributed by atoms with Crippen LogP contribution in [-0.4, -0.2) is 0 Å². The number of anilines is 1. The maximum atomic E-state index is 13.8. The molecule has 0 fully saturated rings. The van der Waals surface area contributed by atoms with Gasteiger partial charge >= 0.3 is 0 Å². The lowest BCUT2D eigenvalue weighted by atomic mass is 10.1. The summed E-state index contributed by atoms with van der Waals surface area (Å²) >= 11 is 6.88. The number of halogens is 2. The molecule has 0 aliphatic carbocycles. The maximum Gasteiger partial charge on any atom is 0.133 e. The van der Waals surface area contributed by atoms with Crippen molar-refractivity contribution in [2.75, 3.05) is 5.73 Å². The molecule has 0 atom stereocenters. The molecule has 2 nitrogen and oxygen atoms in total. The Kier molecular flexibility index (Phi) is 3.05. The number of nitrogens with two attached hydrogens (primary N) is 1. The number of hydrogen-bond acceptors (Lipinski definition) is 3. The molecule has 0 saturated carbocycles. The molecule has 0 aliphatic heterocycles. The van der Waals surface area contributed by atoms with E-state index in [1.54, 1.807) is 19.1 Å². The average molecular weight is 267 g/mol. The lowest BCUT2D eigenvalue weighted by molar-refractivity contribution is 0.631. The summed E-state index contributed by atoms with van der Waals surface area (Å²) in [5.74, 6) is -0.411. The van der Waals surface area contributed by atoms with Crippen molar-refractivity contribution in [1.29, 1.82) is 5.26 Å². The number of nitrogens with zero attached hydrogens (tertiary/aromatic N) is 1. The number of hydrogen-bond donors (Lipinski definition) is 1. The van der Waals surface area contributed by atoms with Crippen molar-refractivity contribution in [3.63, 3.8) is 0 Å². The Morgan fingerprint density at radius 1 is 1.47 bits per heavy atom. The lowest BCUT2D eigenvalue weighted by Gasteiger charge is -2.02. The first-order chi connectivity index (χ1) is 8.04. The van der Waals surface area contributed by atoms with Crippen LogP contribution in [0.25, 0.3) is 10.4 Å². The van der Waals surface area contributed by atoms with E-state index < -0.39 is 5.82 Å². The second-order valence-corrected chi connectivity index (χ2v) is 4.99. The number of benzene rings is 1. The van der Waals surface area contributed by atoms with Crippen LogP contribution in [0.5, 0.6) is 0 Å². The van der Waals surface area contributed by atoms with E-state index in [2.05, 4.69) is 0 Å². The van der Waals surface area contributed by atoms with Gasteiger partial charge in [-0.15, -0.1) is 11.3 Å². The molecule has 2 N–H and O–H groups in total. The van der Waals surface area contributed by atoms with Crippen molar-refractivity contribution in [2.24, 2.45) is 0 Å². The van der Waals surface area contributed by atoms with Gasteiger partial charge in [0.25, 0.3) is 0 Å². The third-order valence-electron chi connectivity index (χ3n) is 2.47. The Morgan fingerprint density at radius 3 is 2.71 bits per heavy atom. The Labute approximate surface area is 107 Å². The fraction of sp³-hybridized carbons (Fsp3) is 0.0833. The number of nitrogen functional groups attached to an aromatic ring is 1. The van der Waals surface area contributed by atoms with E-state index in [-0.39, 0.29) is 0 Å². The normalized spacial score (nSPS) is 10.2. The zero-order chi connectivity index (χ0) is 12.6. The van der Waals surface area contributed by atoms with Crippen LogP contribution >= 0.6 is 22.9 Å². The van der Waals surface area contributed by atoms with Crippen molar-refractivity contribution >= 4 is 28.6 Å².